The topological polar surface area (TPSA) is 104 Å². The average Bonchev–Trinajstić information content (AvgIpc) is 2.74. The maximum atomic E-state index is 10.1. The van der Waals surface area contributed by atoms with Gasteiger partial charge in [-0.25, -0.2) is 4.99 Å². The number of nitrogens with zero attached hydrogens (tertiary/aromatic N) is 3. The zero-order chi connectivity index (χ0) is 16.5. The Balaban J connectivity index is 2.01. The third-order valence-electron chi connectivity index (χ3n) is 5.69. The van der Waals surface area contributed by atoms with Crippen LogP contribution in [0.3, 0.4) is 0 Å². The Morgan fingerprint density at radius 2 is 1.96 bits per heavy atom. The molecule has 3 aliphatic rings. The maximum Gasteiger partial charge on any atom is 0.294 e. The summed E-state index contributed by atoms with van der Waals surface area (Å²) in [4.78, 5) is 4.31. The molecule has 1 saturated heterocycles. The minimum absolute atomic E-state index is 0.113. The van der Waals surface area contributed by atoms with E-state index in [9.17, 15) is 10.5 Å². The van der Waals surface area contributed by atoms with Crippen LogP contribution in [0.4, 0.5) is 0 Å². The van der Waals surface area contributed by atoms with Gasteiger partial charge in [0.05, 0.1) is 24.8 Å². The lowest BCUT2D eigenvalue weighted by atomic mass is 9.85. The smallest absolute Gasteiger partial charge is 0.294 e. The predicted molar refractivity (Wildman–Crippen MR) is 80.7 cm³/mol. The van der Waals surface area contributed by atoms with Gasteiger partial charge in [-0.15, -0.1) is 0 Å². The summed E-state index contributed by atoms with van der Waals surface area (Å²) in [5.41, 5.74) is 3.62. The average molecular weight is 308 g/mol. The molecular weight excluding hydrogens is 292 g/mol. The van der Waals surface area contributed by atoms with E-state index >= 15 is 0 Å². The molecule has 0 amide bonds. The zero-order valence-electron chi connectivity index (χ0n) is 12.9. The minimum atomic E-state index is -1.51. The van der Waals surface area contributed by atoms with Gasteiger partial charge in [0.1, 0.15) is 5.84 Å². The molecule has 1 aromatic rings. The van der Waals surface area contributed by atoms with Crippen LogP contribution in [0, 0.1) is 33.5 Å². The van der Waals surface area contributed by atoms with Crippen LogP contribution in [-0.4, -0.2) is 24.5 Å². The van der Waals surface area contributed by atoms with Gasteiger partial charge in [0.25, 0.3) is 5.91 Å². The van der Waals surface area contributed by atoms with E-state index in [0.29, 0.717) is 6.61 Å². The first-order valence-electron chi connectivity index (χ1n) is 7.51. The van der Waals surface area contributed by atoms with Crippen molar-refractivity contribution in [2.24, 2.45) is 21.6 Å². The molecule has 23 heavy (non-hydrogen) atoms. The molecule has 0 aromatic heterocycles. The third kappa shape index (κ3) is 1.12. The Hall–Kier alpha value is -2.41. The van der Waals surface area contributed by atoms with Gasteiger partial charge in [-0.05, 0) is 12.5 Å². The molecule has 4 rings (SSSR count). The number of ether oxygens (including phenoxy) is 2. The fourth-order valence-corrected chi connectivity index (χ4v) is 4.60. The number of benzene rings is 1. The van der Waals surface area contributed by atoms with Crippen molar-refractivity contribution in [3.8, 4) is 12.1 Å². The van der Waals surface area contributed by atoms with Gasteiger partial charge >= 0.3 is 0 Å². The van der Waals surface area contributed by atoms with Crippen LogP contribution in [0.15, 0.2) is 35.3 Å². The zero-order valence-corrected chi connectivity index (χ0v) is 12.9. The minimum Gasteiger partial charge on any atom is -0.386 e. The first-order valence-corrected chi connectivity index (χ1v) is 7.51. The van der Waals surface area contributed by atoms with Crippen molar-refractivity contribution in [2.45, 2.75) is 31.3 Å². The lowest BCUT2D eigenvalue weighted by Crippen LogP contribution is -2.42. The van der Waals surface area contributed by atoms with E-state index < -0.39 is 22.2 Å². The number of nitrogens with two attached hydrogens (primary N) is 1. The molecule has 1 saturated carbocycles. The summed E-state index contributed by atoms with van der Waals surface area (Å²) >= 11 is 0. The molecule has 2 aliphatic heterocycles. The molecule has 6 nitrogen and oxygen atoms in total. The summed E-state index contributed by atoms with van der Waals surface area (Å²) in [6, 6.07) is 14.0. The lowest BCUT2D eigenvalue weighted by Gasteiger charge is -2.29. The first-order chi connectivity index (χ1) is 11.0. The van der Waals surface area contributed by atoms with Gasteiger partial charge in [0, 0.05) is 5.41 Å². The SMILES string of the molecule is C[C@@H]1CO[C@]2(N=C(N)[C@@]3(C#N)[C@](C)(c4ccccc4)[C@@]23C#N)O1. The first kappa shape index (κ1) is 14.2. The largest absolute Gasteiger partial charge is 0.386 e. The number of amidine groups is 1. The quantitative estimate of drug-likeness (QED) is 0.845. The summed E-state index contributed by atoms with van der Waals surface area (Å²) in [6.45, 7) is 4.03. The molecule has 2 N–H and O–H groups in total. The molecule has 116 valence electrons. The predicted octanol–water partition coefficient (Wildman–Crippen LogP) is 1.44. The fraction of sp³-hybridized carbons (Fsp3) is 0.471. The van der Waals surface area contributed by atoms with E-state index in [1.807, 2.05) is 44.2 Å². The standard InChI is InChI=1S/C17H16N4O2/c1-11-8-22-17(23-11)16(10-19)14(2,12-6-4-3-5-7-12)15(16,9-18)13(20)21-17/h3-7,11H,8H2,1-2H3,(H2,20,21)/t11-,14+,15+,16-,17+/m1/s1. The van der Waals surface area contributed by atoms with E-state index in [2.05, 4.69) is 17.1 Å². The molecule has 6 heteroatoms. The molecule has 5 atom stereocenters. The highest BCUT2D eigenvalue weighted by Gasteiger charge is 3.00. The Morgan fingerprint density at radius 3 is 2.48 bits per heavy atom. The van der Waals surface area contributed by atoms with Crippen LogP contribution in [-0.2, 0) is 14.9 Å². The maximum absolute atomic E-state index is 10.1. The second kappa shape index (κ2) is 3.91. The molecule has 1 spiro atoms. The summed E-state index contributed by atoms with van der Waals surface area (Å²) in [5, 5.41) is 20.1. The summed E-state index contributed by atoms with van der Waals surface area (Å²) in [5.74, 6) is -1.40. The Labute approximate surface area is 134 Å². The summed E-state index contributed by atoms with van der Waals surface area (Å²) in [7, 11) is 0. The van der Waals surface area contributed by atoms with Crippen LogP contribution in [0.5, 0.6) is 0 Å². The van der Waals surface area contributed by atoms with Crippen molar-refractivity contribution < 1.29 is 9.47 Å². The van der Waals surface area contributed by atoms with Gasteiger partial charge in [0.2, 0.25) is 0 Å². The molecule has 0 bridgehead atoms. The lowest BCUT2D eigenvalue weighted by molar-refractivity contribution is -0.196. The molecule has 0 radical (unpaired) electrons. The highest BCUT2D eigenvalue weighted by molar-refractivity contribution is 6.02. The van der Waals surface area contributed by atoms with Crippen LogP contribution >= 0.6 is 0 Å². The fourth-order valence-electron chi connectivity index (χ4n) is 4.60. The number of fused-ring (bicyclic) bond motifs is 2. The second-order valence-corrected chi connectivity index (χ2v) is 6.53. The number of rotatable bonds is 1. The molecule has 2 fully saturated rings. The number of nitriles is 2. The van der Waals surface area contributed by atoms with Gasteiger partial charge in [0.15, 0.2) is 10.8 Å². The molecule has 0 unspecified atom stereocenters. The van der Waals surface area contributed by atoms with E-state index in [1.165, 1.54) is 0 Å². The Bertz CT molecular complexity index is 810. The van der Waals surface area contributed by atoms with Crippen LogP contribution < -0.4 is 5.73 Å². The van der Waals surface area contributed by atoms with Crippen molar-refractivity contribution in [3.05, 3.63) is 35.9 Å². The Kier molecular flexibility index (Phi) is 2.42. The van der Waals surface area contributed by atoms with Crippen LogP contribution in [0.1, 0.15) is 19.4 Å². The van der Waals surface area contributed by atoms with Crippen molar-refractivity contribution in [1.29, 1.82) is 10.5 Å². The summed E-state index contributed by atoms with van der Waals surface area (Å²) < 4.78 is 11.7. The monoisotopic (exact) mass is 308 g/mol. The Morgan fingerprint density at radius 1 is 1.26 bits per heavy atom. The normalized spacial score (nSPS) is 46.8. The summed E-state index contributed by atoms with van der Waals surface area (Å²) in [6.07, 6.45) is -0.216. The van der Waals surface area contributed by atoms with Crippen LogP contribution in [0.2, 0.25) is 0 Å². The van der Waals surface area contributed by atoms with E-state index in [1.54, 1.807) is 0 Å². The number of aliphatic imine (C=N–C) groups is 1. The van der Waals surface area contributed by atoms with Gasteiger partial charge in [-0.3, -0.25) is 0 Å². The van der Waals surface area contributed by atoms with E-state index in [4.69, 9.17) is 15.2 Å². The highest BCUT2D eigenvalue weighted by Crippen LogP contribution is 2.85. The molecule has 2 heterocycles. The van der Waals surface area contributed by atoms with Crippen molar-refractivity contribution in [2.75, 3.05) is 6.61 Å². The number of hydrogen-bond donors (Lipinski definition) is 1. The van der Waals surface area contributed by atoms with Crippen LogP contribution in [0.25, 0.3) is 0 Å². The highest BCUT2D eigenvalue weighted by atomic mass is 16.8. The molecule has 1 aromatic carbocycles. The third-order valence-corrected chi connectivity index (χ3v) is 5.69. The van der Waals surface area contributed by atoms with Gasteiger partial charge in [-0.1, -0.05) is 37.3 Å². The van der Waals surface area contributed by atoms with Gasteiger partial charge < -0.3 is 15.2 Å². The van der Waals surface area contributed by atoms with Gasteiger partial charge in [-0.2, -0.15) is 10.5 Å². The second-order valence-electron chi connectivity index (χ2n) is 6.53. The van der Waals surface area contributed by atoms with Crippen molar-refractivity contribution in [3.63, 3.8) is 0 Å². The van der Waals surface area contributed by atoms with E-state index in [0.717, 1.165) is 5.56 Å². The molecular formula is C17H16N4O2. The van der Waals surface area contributed by atoms with Crippen molar-refractivity contribution >= 4 is 5.84 Å². The van der Waals surface area contributed by atoms with E-state index in [-0.39, 0.29) is 11.9 Å². The number of hydrogen-bond acceptors (Lipinski definition) is 6. The molecule has 1 aliphatic carbocycles. The van der Waals surface area contributed by atoms with Crippen molar-refractivity contribution in [1.82, 2.24) is 0 Å².